The van der Waals surface area contributed by atoms with Gasteiger partial charge in [-0.05, 0) is 94.7 Å². The third kappa shape index (κ3) is 44.6. The lowest BCUT2D eigenvalue weighted by Crippen LogP contribution is -2.46. The Morgan fingerprint density at radius 1 is 0.425 bits per heavy atom. The van der Waals surface area contributed by atoms with Crippen molar-refractivity contribution in [1.29, 1.82) is 0 Å². The lowest BCUT2D eigenvalue weighted by molar-refractivity contribution is -0.155. The van der Waals surface area contributed by atoms with Gasteiger partial charge in [0.25, 0.3) is 10.1 Å². The van der Waals surface area contributed by atoms with E-state index in [-0.39, 0.29) is 145 Å². The summed E-state index contributed by atoms with van der Waals surface area (Å²) in [6, 6.07) is 6.31. The van der Waals surface area contributed by atoms with Crippen LogP contribution < -0.4 is 0 Å². The largest absolute Gasteiger partial charge is 0.492 e. The number of carbonyl (C=O) groups is 5. The van der Waals surface area contributed by atoms with Crippen LogP contribution in [-0.2, 0) is 105 Å². The van der Waals surface area contributed by atoms with Gasteiger partial charge in [-0.25, -0.2) is 0 Å². The molecule has 0 saturated carbocycles. The number of aliphatic hydroxyl groups is 9. The number of benzene rings is 1. The maximum absolute atomic E-state index is 12.7. The summed E-state index contributed by atoms with van der Waals surface area (Å²) < 4.78 is 105. The number of allylic oxidation sites excluding steroid dienone is 3. The number of ether oxygens (including phenoxy) is 14. The first-order valence-electron chi connectivity index (χ1n) is 38.6. The molecule has 24 atom stereocenters. The van der Waals surface area contributed by atoms with Gasteiger partial charge in [0.05, 0.1) is 109 Å². The average molecular weight is 1660 g/mol. The number of rotatable bonds is 24. The summed E-state index contributed by atoms with van der Waals surface area (Å²) >= 11 is 0. The van der Waals surface area contributed by atoms with Gasteiger partial charge in [0, 0.05) is 53.6 Å². The second-order valence-corrected chi connectivity index (χ2v) is 26.6. The quantitative estimate of drug-likeness (QED) is 0.0201. The molecule has 0 aliphatic carbocycles. The Labute approximate surface area is 677 Å². The van der Waals surface area contributed by atoms with E-state index in [9.17, 15) is 57.9 Å². The van der Waals surface area contributed by atoms with Crippen LogP contribution in [0.5, 0.6) is 0 Å². The van der Waals surface area contributed by atoms with Crippen molar-refractivity contribution in [1.82, 2.24) is 0 Å². The zero-order valence-electron chi connectivity index (χ0n) is 71.7. The van der Waals surface area contributed by atoms with Crippen molar-refractivity contribution in [3.05, 3.63) is 66.8 Å². The predicted octanol–water partition coefficient (Wildman–Crippen LogP) is 9.27. The van der Waals surface area contributed by atoms with Crippen LogP contribution in [0.2, 0.25) is 0 Å². The SMILES string of the molecule is C.C.C=C(C)O[C@@H]1[C@@H](OS(=O)(=O)c2ccc(C)cc2)[C@@H](COC(C)=O)O[C@H]1C.C=C(C)O[C@@H]1[C@H](COC(C)=O)[C@@H](COC(C)=O)O[C@H]1C.C=C(C)O[C@@H]1[C@H](OC(C)=O)[C@@H](CCOC(C)=O)O[C@H]1C.CC.CC.CC.CC.CC.CC.C[C@@H]1O[C@H](CCO)[C@@H](O)[C@H]1O.C[C@@H]1O[C@H](CO)[C@@H](CO)[C@H]1O.C[C@@H]1O[C@H](CO)[C@@](C)(O)[C@H]1O. The van der Waals surface area contributed by atoms with Crippen LogP contribution in [0.1, 0.15) is 220 Å². The molecule has 113 heavy (non-hydrogen) atoms. The second kappa shape index (κ2) is 65.5. The molecule has 32 heteroatoms. The first-order valence-corrected chi connectivity index (χ1v) is 40.0. The molecule has 0 amide bonds. The van der Waals surface area contributed by atoms with Gasteiger partial charge in [-0.15, -0.1) is 0 Å². The van der Waals surface area contributed by atoms with Crippen molar-refractivity contribution in [3.63, 3.8) is 0 Å². The Balaban J connectivity index is -0.000000237. The number of hydrogen-bond donors (Lipinski definition) is 9. The van der Waals surface area contributed by atoms with Crippen LogP contribution in [0.15, 0.2) is 66.2 Å². The van der Waals surface area contributed by atoms with Crippen LogP contribution in [0.4, 0.5) is 0 Å². The first-order chi connectivity index (χ1) is 52.1. The molecule has 7 rings (SSSR count). The Bertz CT molecular complexity index is 2790. The lowest BCUT2D eigenvalue weighted by Gasteiger charge is -2.24. The molecule has 0 aromatic heterocycles. The maximum atomic E-state index is 12.7. The van der Waals surface area contributed by atoms with Crippen LogP contribution >= 0.6 is 0 Å². The molecule has 9 N–H and O–H groups in total. The fourth-order valence-corrected chi connectivity index (χ4v) is 12.3. The molecule has 0 spiro atoms. The molecule has 6 fully saturated rings. The second-order valence-electron chi connectivity index (χ2n) is 25.1. The summed E-state index contributed by atoms with van der Waals surface area (Å²) in [5.41, 5.74) is -0.397. The highest BCUT2D eigenvalue weighted by Gasteiger charge is 2.52. The van der Waals surface area contributed by atoms with E-state index in [1.807, 2.05) is 104 Å². The Hall–Kier alpha value is -5.50. The number of aliphatic hydroxyl groups excluding tert-OH is 8. The normalized spacial score (nSPS) is 30.2. The van der Waals surface area contributed by atoms with Gasteiger partial charge in [0.2, 0.25) is 0 Å². The van der Waals surface area contributed by atoms with Gasteiger partial charge >= 0.3 is 29.8 Å². The summed E-state index contributed by atoms with van der Waals surface area (Å²) in [7, 11) is -4.05. The van der Waals surface area contributed by atoms with Crippen molar-refractivity contribution in [2.24, 2.45) is 11.8 Å². The van der Waals surface area contributed by atoms with Crippen molar-refractivity contribution >= 4 is 40.0 Å². The molecule has 0 radical (unpaired) electrons. The molecule has 1 aromatic rings. The van der Waals surface area contributed by atoms with Gasteiger partial charge in [0.1, 0.15) is 80.4 Å². The van der Waals surface area contributed by atoms with Crippen LogP contribution in [0.25, 0.3) is 0 Å². The van der Waals surface area contributed by atoms with Crippen molar-refractivity contribution in [2.75, 3.05) is 52.9 Å². The number of carbonyl (C=O) groups excluding carboxylic acids is 5. The summed E-state index contributed by atoms with van der Waals surface area (Å²) in [4.78, 5) is 55.0. The number of hydrogen-bond acceptors (Lipinski definition) is 31. The van der Waals surface area contributed by atoms with Crippen LogP contribution in [-0.4, -0.2) is 271 Å². The zero-order chi connectivity index (χ0) is 87.6. The minimum absolute atomic E-state index is 0. The topological polar surface area (TPSA) is 440 Å². The minimum Gasteiger partial charge on any atom is -0.492 e. The van der Waals surface area contributed by atoms with E-state index >= 15 is 0 Å². The van der Waals surface area contributed by atoms with Crippen molar-refractivity contribution in [3.8, 4) is 0 Å². The first kappa shape index (κ1) is 121. The molecule has 31 nitrogen and oxygen atoms in total. The van der Waals surface area contributed by atoms with E-state index in [4.69, 9.17) is 90.9 Å². The molecule has 0 unspecified atom stereocenters. The van der Waals surface area contributed by atoms with Crippen molar-refractivity contribution in [2.45, 2.75) is 360 Å². The van der Waals surface area contributed by atoms with Gasteiger partial charge < -0.3 is 112 Å². The zero-order valence-corrected chi connectivity index (χ0v) is 72.5. The molecule has 6 aliphatic rings. The Kier molecular flexibility index (Phi) is 70.0. The average Bonchev–Trinajstić information content (AvgIpc) is 1.72. The fraction of sp³-hybridized carbons (Fsp3) is 0.790. The van der Waals surface area contributed by atoms with Crippen molar-refractivity contribution < 1.29 is 149 Å². The standard InChI is InChI=1S/C18H24O7S.2C14H22O6.3C7H14O4.6C2H6.2CH4/c1-11(2)23-17-13(4)24-16(10-22-14(5)19)18(17)25-26(20,21)15-8-6-12(3)7-9-15;1-8(2)19-14-9(3)20-13(7-18-11(5)16)12(14)6-17-10(4)15;1-8(2)18-13-9(3)19-12(6-7-17-10(4)15)14(13)20-11(5)16;1-4-6(9)7(2,10)5(3-8)11-4;1-4-7(10)5(2-8)6(3-9)11-4;1-4-6(9)7(10)5(11-4)2-3-8;6*1-2;;/h6-9,13,16-18H,1,10H2,2-5H3;2*9,12-14H,1,6-7H2,2-5H3;4-6,8-10H,3H2,1-2H3;2*4-10H,2-3H2,1H3;6*1-2H3;2*1H4/t13-,16+,17-,18-;9-,12+,13+,14-;9-,12+,13-,14+;4-,5+,6-,7+;4-,5+,6+,7-;4-,5+,6-,7+;;;;;;;;/m000000......../s1. The van der Waals surface area contributed by atoms with E-state index < -0.39 is 113 Å². The molecule has 6 aliphatic heterocycles. The lowest BCUT2D eigenvalue weighted by atomic mass is 9.94. The van der Waals surface area contributed by atoms with E-state index in [1.165, 1.54) is 53.7 Å². The number of esters is 5. The summed E-state index contributed by atoms with van der Waals surface area (Å²) in [6.07, 6.45) is -10.3. The molecule has 6 saturated heterocycles. The monoisotopic (exact) mass is 1660 g/mol. The maximum Gasteiger partial charge on any atom is 0.303 e. The third-order valence-electron chi connectivity index (χ3n) is 16.2. The molecule has 6 heterocycles. The summed E-state index contributed by atoms with van der Waals surface area (Å²) in [5.74, 6) is -1.04. The van der Waals surface area contributed by atoms with Crippen LogP contribution in [0.3, 0.4) is 0 Å². The van der Waals surface area contributed by atoms with Gasteiger partial charge in [0.15, 0.2) is 18.3 Å². The Morgan fingerprint density at radius 2 is 0.814 bits per heavy atom. The minimum atomic E-state index is -4.05. The molecular weight excluding hydrogens is 1500 g/mol. The Morgan fingerprint density at radius 3 is 1.18 bits per heavy atom. The smallest absolute Gasteiger partial charge is 0.303 e. The van der Waals surface area contributed by atoms with Gasteiger partial charge in [-0.2, -0.15) is 8.42 Å². The van der Waals surface area contributed by atoms with Crippen LogP contribution in [0, 0.1) is 18.8 Å². The van der Waals surface area contributed by atoms with E-state index in [2.05, 4.69) is 19.7 Å². The highest BCUT2D eigenvalue weighted by molar-refractivity contribution is 7.86. The fourth-order valence-electron chi connectivity index (χ4n) is 11.2. The molecule has 670 valence electrons. The van der Waals surface area contributed by atoms with E-state index in [1.54, 1.807) is 60.6 Å². The third-order valence-corrected chi connectivity index (χ3v) is 17.5. The molecule has 1 aromatic carbocycles. The van der Waals surface area contributed by atoms with Gasteiger partial charge in [-0.3, -0.25) is 28.2 Å². The summed E-state index contributed by atoms with van der Waals surface area (Å²) in [5, 5.41) is 81.6. The highest BCUT2D eigenvalue weighted by Crippen LogP contribution is 2.35. The number of aryl methyl sites for hydroxylation is 1. The van der Waals surface area contributed by atoms with E-state index in [0.29, 0.717) is 30.1 Å². The molecule has 0 bridgehead atoms. The summed E-state index contributed by atoms with van der Waals surface area (Å²) in [6.45, 7) is 60.4. The van der Waals surface area contributed by atoms with E-state index in [0.717, 1.165) is 5.56 Å². The van der Waals surface area contributed by atoms with Gasteiger partial charge in [-0.1, -0.05) is 135 Å². The predicted molar refractivity (Wildman–Crippen MR) is 431 cm³/mol. The highest BCUT2D eigenvalue weighted by atomic mass is 32.2. The molecular formula is C81H154O31S.